The first-order valence-electron chi connectivity index (χ1n) is 10.3. The number of hydrogen-bond donors (Lipinski definition) is 3. The number of carbonyl (C=O) groups is 2. The molecule has 1 aromatic carbocycles. The fraction of sp³-hybridized carbons (Fsp3) is 0.318. The Morgan fingerprint density at radius 3 is 2.72 bits per heavy atom. The molecule has 0 bridgehead atoms. The number of benzene rings is 1. The molecular formula is C22H22N4O5S. The molecule has 3 amide bonds. The summed E-state index contributed by atoms with van der Waals surface area (Å²) in [4.78, 5) is 28.4. The van der Waals surface area contributed by atoms with Gasteiger partial charge in [0.1, 0.15) is 21.7 Å². The maximum Gasteiger partial charge on any atom is 0.322 e. The van der Waals surface area contributed by atoms with Crippen molar-refractivity contribution in [2.45, 2.75) is 43.0 Å². The van der Waals surface area contributed by atoms with E-state index in [9.17, 15) is 18.0 Å². The van der Waals surface area contributed by atoms with Gasteiger partial charge in [-0.15, -0.1) is 0 Å². The van der Waals surface area contributed by atoms with Crippen molar-refractivity contribution in [3.05, 3.63) is 47.7 Å². The van der Waals surface area contributed by atoms with Gasteiger partial charge >= 0.3 is 6.03 Å². The Bertz CT molecular complexity index is 1350. The van der Waals surface area contributed by atoms with E-state index >= 15 is 0 Å². The zero-order valence-electron chi connectivity index (χ0n) is 17.3. The highest BCUT2D eigenvalue weighted by molar-refractivity contribution is 7.89. The van der Waals surface area contributed by atoms with Crippen LogP contribution in [-0.2, 0) is 21.2 Å². The van der Waals surface area contributed by atoms with Crippen LogP contribution < -0.4 is 15.8 Å². The molecule has 1 aliphatic carbocycles. The maximum atomic E-state index is 12.4. The van der Waals surface area contributed by atoms with E-state index in [0.29, 0.717) is 54.0 Å². The molecular weight excluding hydrogens is 432 g/mol. The number of fused-ring (bicyclic) bond motifs is 1. The summed E-state index contributed by atoms with van der Waals surface area (Å²) >= 11 is 0. The van der Waals surface area contributed by atoms with Gasteiger partial charge in [0.15, 0.2) is 5.76 Å². The lowest BCUT2D eigenvalue weighted by Crippen LogP contribution is -2.44. The molecule has 1 spiro atoms. The van der Waals surface area contributed by atoms with Crippen LogP contribution in [0.4, 0.5) is 4.79 Å². The summed E-state index contributed by atoms with van der Waals surface area (Å²) in [5, 5.41) is 11.5. The molecule has 9 nitrogen and oxygen atoms in total. The van der Waals surface area contributed by atoms with Crippen LogP contribution in [0.25, 0.3) is 22.4 Å². The highest BCUT2D eigenvalue weighted by Gasteiger charge is 2.51. The van der Waals surface area contributed by atoms with E-state index in [-0.39, 0.29) is 16.7 Å². The van der Waals surface area contributed by atoms with Crippen molar-refractivity contribution >= 4 is 32.9 Å². The zero-order valence-corrected chi connectivity index (χ0v) is 18.2. The van der Waals surface area contributed by atoms with Crippen LogP contribution in [0.5, 0.6) is 0 Å². The number of nitrogens with one attached hydrogen (secondary N) is 2. The molecule has 1 saturated heterocycles. The molecule has 2 atom stereocenters. The Morgan fingerprint density at radius 2 is 2.03 bits per heavy atom. The molecule has 32 heavy (non-hydrogen) atoms. The van der Waals surface area contributed by atoms with Crippen LogP contribution in [0.3, 0.4) is 0 Å². The summed E-state index contributed by atoms with van der Waals surface area (Å²) in [5.41, 5.74) is 1.12. The largest absolute Gasteiger partial charge is 0.454 e. The summed E-state index contributed by atoms with van der Waals surface area (Å²) in [6.07, 6.45) is 1.97. The second-order valence-corrected chi connectivity index (χ2v) is 10.1. The quantitative estimate of drug-likeness (QED) is 0.516. The molecule has 166 valence electrons. The van der Waals surface area contributed by atoms with E-state index in [1.54, 1.807) is 13.0 Å². The summed E-state index contributed by atoms with van der Waals surface area (Å²) in [5.74, 6) is 0.192. The number of nitrogens with zero attached hydrogens (tertiary/aromatic N) is 1. The third kappa shape index (κ3) is 3.45. The van der Waals surface area contributed by atoms with Crippen molar-refractivity contribution in [2.75, 3.05) is 0 Å². The molecule has 3 aromatic rings. The SMILES string of the molecule is Cc1nc(-c2cc3ccccc3o2)cc(CC2CCC3(C2)NC(=O)NC3=O)c1S(N)(=O)=O. The highest BCUT2D eigenvalue weighted by Crippen LogP contribution is 2.40. The molecule has 1 aliphatic heterocycles. The van der Waals surface area contributed by atoms with Gasteiger partial charge in [-0.05, 0) is 62.3 Å². The summed E-state index contributed by atoms with van der Waals surface area (Å²) < 4.78 is 30.7. The number of pyridine rings is 1. The topological polar surface area (TPSA) is 144 Å². The van der Waals surface area contributed by atoms with E-state index in [4.69, 9.17) is 9.56 Å². The second-order valence-electron chi connectivity index (χ2n) is 8.58. The van der Waals surface area contributed by atoms with E-state index in [2.05, 4.69) is 15.6 Å². The molecule has 0 radical (unpaired) electrons. The van der Waals surface area contributed by atoms with E-state index < -0.39 is 21.6 Å². The van der Waals surface area contributed by atoms with Crippen molar-refractivity contribution in [3.8, 4) is 11.5 Å². The Kier molecular flexibility index (Phi) is 4.61. The van der Waals surface area contributed by atoms with Gasteiger partial charge in [-0.2, -0.15) is 0 Å². The van der Waals surface area contributed by atoms with E-state index in [1.807, 2.05) is 30.3 Å². The van der Waals surface area contributed by atoms with Crippen LogP contribution >= 0.6 is 0 Å². The summed E-state index contributed by atoms with van der Waals surface area (Å²) in [6.45, 7) is 1.61. The van der Waals surface area contributed by atoms with Gasteiger partial charge < -0.3 is 9.73 Å². The summed E-state index contributed by atoms with van der Waals surface area (Å²) in [6, 6.07) is 10.6. The first-order valence-corrected chi connectivity index (χ1v) is 11.9. The molecule has 3 heterocycles. The van der Waals surface area contributed by atoms with E-state index in [0.717, 1.165) is 5.39 Å². The minimum absolute atomic E-state index is 0.00165. The molecule has 2 aromatic heterocycles. The molecule has 10 heteroatoms. The van der Waals surface area contributed by atoms with Gasteiger partial charge in [-0.25, -0.2) is 23.3 Å². The number of para-hydroxylation sites is 1. The van der Waals surface area contributed by atoms with Crippen molar-refractivity contribution in [2.24, 2.45) is 11.1 Å². The van der Waals surface area contributed by atoms with Gasteiger partial charge in [0, 0.05) is 5.39 Å². The van der Waals surface area contributed by atoms with Gasteiger partial charge in [0.05, 0.1) is 5.69 Å². The van der Waals surface area contributed by atoms with Crippen LogP contribution in [0.1, 0.15) is 30.5 Å². The predicted molar refractivity (Wildman–Crippen MR) is 116 cm³/mol. The normalized spacial score (nSPS) is 23.1. The number of amides is 3. The minimum atomic E-state index is -4.02. The first kappa shape index (κ1) is 20.7. The third-order valence-corrected chi connectivity index (χ3v) is 7.45. The number of urea groups is 1. The molecule has 5 rings (SSSR count). The third-order valence-electron chi connectivity index (χ3n) is 6.32. The molecule has 2 unspecified atom stereocenters. The lowest BCUT2D eigenvalue weighted by molar-refractivity contribution is -0.123. The lowest BCUT2D eigenvalue weighted by Gasteiger charge is -2.20. The Balaban J connectivity index is 1.53. The van der Waals surface area contributed by atoms with Crippen molar-refractivity contribution in [1.82, 2.24) is 15.6 Å². The molecule has 2 fully saturated rings. The van der Waals surface area contributed by atoms with Crippen LogP contribution in [0.15, 0.2) is 45.7 Å². The Hall–Kier alpha value is -3.24. The zero-order chi connectivity index (χ0) is 22.7. The number of nitrogens with two attached hydrogens (primary N) is 1. The fourth-order valence-electron chi connectivity index (χ4n) is 4.98. The van der Waals surface area contributed by atoms with Gasteiger partial charge in [0.25, 0.3) is 5.91 Å². The van der Waals surface area contributed by atoms with Gasteiger partial charge in [0.2, 0.25) is 10.0 Å². The Labute approximate surface area is 184 Å². The number of primary sulfonamides is 1. The monoisotopic (exact) mass is 454 g/mol. The number of sulfonamides is 1. The van der Waals surface area contributed by atoms with Crippen molar-refractivity contribution in [3.63, 3.8) is 0 Å². The molecule has 2 aliphatic rings. The maximum absolute atomic E-state index is 12.4. The molecule has 4 N–H and O–H groups in total. The summed E-state index contributed by atoms with van der Waals surface area (Å²) in [7, 11) is -4.02. The van der Waals surface area contributed by atoms with E-state index in [1.165, 1.54) is 0 Å². The fourth-order valence-corrected chi connectivity index (χ4v) is 5.95. The lowest BCUT2D eigenvalue weighted by atomic mass is 9.92. The first-order chi connectivity index (χ1) is 15.1. The number of hydrogen-bond acceptors (Lipinski definition) is 6. The van der Waals surface area contributed by atoms with Gasteiger partial charge in [-0.1, -0.05) is 18.2 Å². The van der Waals surface area contributed by atoms with Crippen molar-refractivity contribution < 1.29 is 22.4 Å². The number of rotatable bonds is 4. The second kappa shape index (κ2) is 7.14. The van der Waals surface area contributed by atoms with Crippen LogP contribution in [0, 0.1) is 12.8 Å². The number of imide groups is 1. The predicted octanol–water partition coefficient (Wildman–Crippen LogP) is 2.37. The standard InChI is InChI=1S/C22H22N4O5S/c1-12-19(32(23,29)30)15(8-13-6-7-22(11-13)20(27)25-21(28)26-22)9-16(24-12)18-10-14-4-2-3-5-17(14)31-18/h2-5,9-10,13H,6-8,11H2,1H3,(H2,23,29,30)(H2,25,26,27,28). The molecule has 1 saturated carbocycles. The number of furan rings is 1. The van der Waals surface area contributed by atoms with Crippen molar-refractivity contribution in [1.29, 1.82) is 0 Å². The van der Waals surface area contributed by atoms with Crippen LogP contribution in [0.2, 0.25) is 0 Å². The average Bonchev–Trinajstić information content (AvgIpc) is 3.38. The highest BCUT2D eigenvalue weighted by atomic mass is 32.2. The average molecular weight is 455 g/mol. The van der Waals surface area contributed by atoms with Crippen LogP contribution in [-0.4, -0.2) is 30.9 Å². The number of carbonyl (C=O) groups excluding carboxylic acids is 2. The van der Waals surface area contributed by atoms with Gasteiger partial charge in [-0.3, -0.25) is 10.1 Å². The smallest absolute Gasteiger partial charge is 0.322 e. The minimum Gasteiger partial charge on any atom is -0.454 e. The number of aromatic nitrogens is 1. The number of aryl methyl sites for hydroxylation is 1. The Morgan fingerprint density at radius 1 is 1.25 bits per heavy atom.